The average molecular weight is 381 g/mol. The lowest BCUT2D eigenvalue weighted by atomic mass is 10.0. The number of nitro benzene ring substituents is 1. The van der Waals surface area contributed by atoms with Crippen LogP contribution in [0.15, 0.2) is 65.1 Å². The fraction of sp³-hybridized carbons (Fsp3) is 0.0526. The van der Waals surface area contributed by atoms with Gasteiger partial charge in [-0.2, -0.15) is 5.10 Å². The molecule has 0 spiro atoms. The molecule has 0 aliphatic rings. The van der Waals surface area contributed by atoms with E-state index in [1.54, 1.807) is 23.6 Å². The number of benzene rings is 2. The summed E-state index contributed by atoms with van der Waals surface area (Å²) < 4.78 is 0. The highest BCUT2D eigenvalue weighted by atomic mass is 32.1. The third-order valence-corrected chi connectivity index (χ3v) is 4.61. The van der Waals surface area contributed by atoms with Crippen molar-refractivity contribution in [2.24, 2.45) is 5.10 Å². The minimum atomic E-state index is -0.647. The molecule has 0 aliphatic carbocycles. The second-order valence-electron chi connectivity index (χ2n) is 5.65. The Hall–Kier alpha value is -3.52. The fourth-order valence-electron chi connectivity index (χ4n) is 2.50. The van der Waals surface area contributed by atoms with Crippen LogP contribution in [-0.2, 0) is 6.42 Å². The Labute approximate surface area is 158 Å². The molecule has 0 bridgehead atoms. The zero-order valence-corrected chi connectivity index (χ0v) is 14.8. The zero-order chi connectivity index (χ0) is 19.2. The van der Waals surface area contributed by atoms with Crippen LogP contribution in [0, 0.1) is 10.1 Å². The van der Waals surface area contributed by atoms with E-state index >= 15 is 0 Å². The normalized spacial score (nSPS) is 10.8. The summed E-state index contributed by atoms with van der Waals surface area (Å²) in [7, 11) is 0. The summed E-state index contributed by atoms with van der Waals surface area (Å²) in [5.74, 6) is -0.887. The molecule has 7 nitrogen and oxygen atoms in total. The Balaban J connectivity index is 1.85. The number of hydrogen-bond acceptors (Lipinski definition) is 6. The van der Waals surface area contributed by atoms with Crippen molar-refractivity contribution >= 4 is 29.1 Å². The molecule has 27 heavy (non-hydrogen) atoms. The van der Waals surface area contributed by atoms with Crippen LogP contribution in [0.4, 0.5) is 5.69 Å². The Morgan fingerprint density at radius 2 is 1.96 bits per heavy atom. The maximum Gasteiger partial charge on any atom is 0.311 e. The van der Waals surface area contributed by atoms with Crippen molar-refractivity contribution in [1.29, 1.82) is 0 Å². The first-order chi connectivity index (χ1) is 13.0. The lowest BCUT2D eigenvalue weighted by Gasteiger charge is -2.06. The molecular weight excluding hydrogens is 366 g/mol. The molecule has 3 rings (SSSR count). The van der Waals surface area contributed by atoms with E-state index in [1.807, 2.05) is 30.3 Å². The van der Waals surface area contributed by atoms with Crippen LogP contribution in [0.25, 0.3) is 0 Å². The monoisotopic (exact) mass is 381 g/mol. The number of aromatic hydroxyl groups is 1. The number of hydrazone groups is 1. The van der Waals surface area contributed by atoms with Gasteiger partial charge in [-0.1, -0.05) is 36.4 Å². The van der Waals surface area contributed by atoms with Gasteiger partial charge in [0.2, 0.25) is 5.75 Å². The quantitative estimate of drug-likeness (QED) is 0.386. The van der Waals surface area contributed by atoms with Crippen LogP contribution < -0.4 is 5.43 Å². The molecular formula is C19H15N3O4S. The van der Waals surface area contributed by atoms with Crippen LogP contribution in [0.3, 0.4) is 0 Å². The molecule has 0 atom stereocenters. The third-order valence-electron chi connectivity index (χ3n) is 3.74. The van der Waals surface area contributed by atoms with Crippen LogP contribution in [0.1, 0.15) is 26.4 Å². The Kier molecular flexibility index (Phi) is 5.58. The van der Waals surface area contributed by atoms with E-state index in [0.29, 0.717) is 16.9 Å². The maximum atomic E-state index is 11.9. The number of phenols is 1. The van der Waals surface area contributed by atoms with Crippen molar-refractivity contribution in [3.63, 3.8) is 0 Å². The smallest absolute Gasteiger partial charge is 0.311 e. The first-order valence-corrected chi connectivity index (χ1v) is 8.83. The van der Waals surface area contributed by atoms with Gasteiger partial charge >= 0.3 is 5.69 Å². The first-order valence-electron chi connectivity index (χ1n) is 7.95. The zero-order valence-electron chi connectivity index (χ0n) is 14.0. The number of nitro groups is 1. The largest absolute Gasteiger partial charge is 0.502 e. The summed E-state index contributed by atoms with van der Waals surface area (Å²) >= 11 is 1.27. The van der Waals surface area contributed by atoms with Gasteiger partial charge < -0.3 is 5.11 Å². The molecule has 8 heteroatoms. The molecule has 0 radical (unpaired) electrons. The summed E-state index contributed by atoms with van der Waals surface area (Å²) in [6.45, 7) is 0. The predicted octanol–water partition coefficient (Wildman–Crippen LogP) is 3.72. The minimum absolute atomic E-state index is 0.154. The summed E-state index contributed by atoms with van der Waals surface area (Å²) in [6, 6.07) is 15.8. The van der Waals surface area contributed by atoms with E-state index in [2.05, 4.69) is 10.5 Å². The fourth-order valence-corrected chi connectivity index (χ4v) is 3.11. The first kappa shape index (κ1) is 18.3. The summed E-state index contributed by atoms with van der Waals surface area (Å²) in [4.78, 5) is 23.0. The van der Waals surface area contributed by atoms with E-state index in [-0.39, 0.29) is 5.56 Å². The predicted molar refractivity (Wildman–Crippen MR) is 103 cm³/mol. The molecule has 2 aromatic carbocycles. The van der Waals surface area contributed by atoms with Gasteiger partial charge in [0, 0.05) is 11.6 Å². The Morgan fingerprint density at radius 1 is 1.19 bits per heavy atom. The van der Waals surface area contributed by atoms with Crippen LogP contribution in [-0.4, -0.2) is 22.2 Å². The summed E-state index contributed by atoms with van der Waals surface area (Å²) in [5, 5.41) is 27.0. The van der Waals surface area contributed by atoms with Crippen LogP contribution in [0.5, 0.6) is 5.75 Å². The molecule has 1 heterocycles. The van der Waals surface area contributed by atoms with Crippen molar-refractivity contribution in [2.75, 3.05) is 0 Å². The topological polar surface area (TPSA) is 105 Å². The highest BCUT2D eigenvalue weighted by Gasteiger charge is 2.18. The summed E-state index contributed by atoms with van der Waals surface area (Å²) in [6.07, 6.45) is 1.66. The van der Waals surface area contributed by atoms with Gasteiger partial charge in [0.1, 0.15) is 0 Å². The molecule has 0 saturated carbocycles. The lowest BCUT2D eigenvalue weighted by Crippen LogP contribution is -2.16. The average Bonchev–Trinajstić information content (AvgIpc) is 3.19. The molecule has 0 aliphatic heterocycles. The van der Waals surface area contributed by atoms with Gasteiger partial charge in [0.15, 0.2) is 0 Å². The Morgan fingerprint density at radius 3 is 2.63 bits per heavy atom. The highest BCUT2D eigenvalue weighted by Crippen LogP contribution is 2.31. The number of carbonyl (C=O) groups is 1. The van der Waals surface area contributed by atoms with E-state index in [9.17, 15) is 20.0 Å². The molecule has 136 valence electrons. The molecule has 1 aromatic heterocycles. The minimum Gasteiger partial charge on any atom is -0.502 e. The van der Waals surface area contributed by atoms with E-state index < -0.39 is 22.3 Å². The van der Waals surface area contributed by atoms with E-state index in [1.165, 1.54) is 23.6 Å². The second-order valence-corrected chi connectivity index (χ2v) is 6.60. The maximum absolute atomic E-state index is 11.9. The second kappa shape index (κ2) is 8.24. The van der Waals surface area contributed by atoms with E-state index in [4.69, 9.17) is 0 Å². The lowest BCUT2D eigenvalue weighted by molar-refractivity contribution is -0.385. The van der Waals surface area contributed by atoms with Crippen molar-refractivity contribution in [1.82, 2.24) is 5.43 Å². The SMILES string of the molecule is O=C(NN=Cc1cc(Cc2ccccc2)cc([N+](=O)[O-])c1O)c1cccs1. The van der Waals surface area contributed by atoms with Gasteiger partial charge in [-0.3, -0.25) is 14.9 Å². The molecule has 2 N–H and O–H groups in total. The summed E-state index contributed by atoms with van der Waals surface area (Å²) in [5.41, 5.74) is 3.71. The van der Waals surface area contributed by atoms with Crippen molar-refractivity contribution in [3.05, 3.63) is 91.7 Å². The standard InChI is InChI=1S/C19H15N3O4S/c23-18-15(12-20-21-19(24)17-7-4-8-27-17)10-14(11-16(18)22(25)26)9-13-5-2-1-3-6-13/h1-8,10-12,23H,9H2,(H,21,24). The molecule has 1 amide bonds. The van der Waals surface area contributed by atoms with Crippen LogP contribution in [0.2, 0.25) is 0 Å². The molecule has 0 fully saturated rings. The van der Waals surface area contributed by atoms with Gasteiger partial charge in [-0.05, 0) is 35.1 Å². The number of nitrogens with one attached hydrogen (secondary N) is 1. The van der Waals surface area contributed by atoms with Gasteiger partial charge in [-0.25, -0.2) is 5.43 Å². The number of nitrogens with zero attached hydrogens (tertiary/aromatic N) is 2. The molecule has 0 unspecified atom stereocenters. The molecule has 0 saturated heterocycles. The van der Waals surface area contributed by atoms with Crippen molar-refractivity contribution in [2.45, 2.75) is 6.42 Å². The number of phenolic OH excluding ortho intramolecular Hbond substituents is 1. The van der Waals surface area contributed by atoms with Gasteiger partial charge in [-0.15, -0.1) is 11.3 Å². The van der Waals surface area contributed by atoms with Gasteiger partial charge in [0.25, 0.3) is 5.91 Å². The third kappa shape index (κ3) is 4.56. The van der Waals surface area contributed by atoms with Crippen LogP contribution >= 0.6 is 11.3 Å². The van der Waals surface area contributed by atoms with Crippen molar-refractivity contribution < 1.29 is 14.8 Å². The number of amides is 1. The number of hydrogen-bond donors (Lipinski definition) is 2. The Bertz CT molecular complexity index is 986. The van der Waals surface area contributed by atoms with Crippen molar-refractivity contribution in [3.8, 4) is 5.75 Å². The van der Waals surface area contributed by atoms with E-state index in [0.717, 1.165) is 5.56 Å². The number of carbonyl (C=O) groups excluding carboxylic acids is 1. The highest BCUT2D eigenvalue weighted by molar-refractivity contribution is 7.12. The number of rotatable bonds is 6. The van der Waals surface area contributed by atoms with Gasteiger partial charge in [0.05, 0.1) is 16.0 Å². The molecule has 3 aromatic rings. The number of thiophene rings is 1.